The summed E-state index contributed by atoms with van der Waals surface area (Å²) >= 11 is 0. The van der Waals surface area contributed by atoms with Gasteiger partial charge in [0.2, 0.25) is 5.88 Å². The number of hydrogen-bond donors (Lipinski definition) is 1. The summed E-state index contributed by atoms with van der Waals surface area (Å²) in [4.78, 5) is 3.19. The van der Waals surface area contributed by atoms with Crippen LogP contribution in [-0.4, -0.2) is 11.3 Å². The summed E-state index contributed by atoms with van der Waals surface area (Å²) in [7, 11) is 0. The van der Waals surface area contributed by atoms with Crippen molar-refractivity contribution in [2.75, 3.05) is 0 Å². The predicted octanol–water partition coefficient (Wildman–Crippen LogP) is 2.77. The minimum Gasteiger partial charge on any atom is -0.388 e. The molecule has 102 valence electrons. The summed E-state index contributed by atoms with van der Waals surface area (Å²) in [6.07, 6.45) is -9.31. The number of aromatic nitrogens is 1. The van der Waals surface area contributed by atoms with Crippen LogP contribution in [0.25, 0.3) is 0 Å². The Morgan fingerprint density at radius 3 is 2.17 bits per heavy atom. The third kappa shape index (κ3) is 3.25. The first-order chi connectivity index (χ1) is 8.06. The Morgan fingerprint density at radius 1 is 1.22 bits per heavy atom. The molecular formula is C9H8F6N2O. The van der Waals surface area contributed by atoms with Crippen LogP contribution in [0.3, 0.4) is 0 Å². The zero-order valence-electron chi connectivity index (χ0n) is 8.99. The maximum absolute atomic E-state index is 12.7. The molecular weight excluding hydrogens is 266 g/mol. The second kappa shape index (κ2) is 4.63. The highest BCUT2D eigenvalue weighted by Crippen LogP contribution is 2.38. The summed E-state index contributed by atoms with van der Waals surface area (Å²) < 4.78 is 77.4. The second-order valence-electron chi connectivity index (χ2n) is 3.34. The minimum absolute atomic E-state index is 0.394. The van der Waals surface area contributed by atoms with Crippen molar-refractivity contribution in [1.29, 1.82) is 0 Å². The number of hydrogen-bond acceptors (Lipinski definition) is 3. The SMILES string of the molecule is Cc1c(OC(F)(F)F)ncc(CN)c1C(F)(F)F. The van der Waals surface area contributed by atoms with Gasteiger partial charge in [-0.05, 0) is 12.5 Å². The molecule has 0 amide bonds. The van der Waals surface area contributed by atoms with Crippen molar-refractivity contribution in [2.24, 2.45) is 5.73 Å². The highest BCUT2D eigenvalue weighted by Gasteiger charge is 2.39. The molecule has 0 atom stereocenters. The molecule has 0 radical (unpaired) electrons. The lowest BCUT2D eigenvalue weighted by Gasteiger charge is -2.17. The highest BCUT2D eigenvalue weighted by atomic mass is 19.4. The standard InChI is InChI=1S/C9H8F6N2O/c1-4-6(8(10,11)12)5(2-16)3-17-7(4)18-9(13,14)15/h3H,2,16H2,1H3. The number of pyridine rings is 1. The lowest BCUT2D eigenvalue weighted by molar-refractivity contribution is -0.276. The van der Waals surface area contributed by atoms with E-state index in [0.717, 1.165) is 6.92 Å². The van der Waals surface area contributed by atoms with E-state index in [2.05, 4.69) is 9.72 Å². The maximum Gasteiger partial charge on any atom is 0.574 e. The molecule has 0 bridgehead atoms. The zero-order valence-corrected chi connectivity index (χ0v) is 8.99. The van der Waals surface area contributed by atoms with E-state index < -0.39 is 41.7 Å². The first-order valence-corrected chi connectivity index (χ1v) is 4.57. The van der Waals surface area contributed by atoms with Crippen LogP contribution >= 0.6 is 0 Å². The van der Waals surface area contributed by atoms with Crippen molar-refractivity contribution < 1.29 is 31.1 Å². The first kappa shape index (κ1) is 14.6. The van der Waals surface area contributed by atoms with Crippen LogP contribution in [0.1, 0.15) is 16.7 Å². The Labute approximate surface area is 97.6 Å². The monoisotopic (exact) mass is 274 g/mol. The topological polar surface area (TPSA) is 48.1 Å². The molecule has 1 aromatic heterocycles. The fourth-order valence-corrected chi connectivity index (χ4v) is 1.41. The molecule has 0 spiro atoms. The van der Waals surface area contributed by atoms with E-state index in [1.165, 1.54) is 0 Å². The van der Waals surface area contributed by atoms with Crippen LogP contribution in [0.15, 0.2) is 6.20 Å². The fourth-order valence-electron chi connectivity index (χ4n) is 1.41. The molecule has 1 rings (SSSR count). The number of halogens is 6. The highest BCUT2D eigenvalue weighted by molar-refractivity contribution is 5.41. The van der Waals surface area contributed by atoms with Gasteiger partial charge in [-0.2, -0.15) is 13.2 Å². The maximum atomic E-state index is 12.7. The molecule has 1 aromatic rings. The third-order valence-electron chi connectivity index (χ3n) is 2.07. The molecule has 0 unspecified atom stereocenters. The van der Waals surface area contributed by atoms with E-state index in [9.17, 15) is 26.3 Å². The molecule has 2 N–H and O–H groups in total. The van der Waals surface area contributed by atoms with Crippen LogP contribution in [0.4, 0.5) is 26.3 Å². The molecule has 0 aliphatic heterocycles. The molecule has 0 saturated carbocycles. The molecule has 9 heteroatoms. The molecule has 0 fully saturated rings. The Hall–Kier alpha value is -1.51. The van der Waals surface area contributed by atoms with E-state index >= 15 is 0 Å². The summed E-state index contributed by atoms with van der Waals surface area (Å²) in [5, 5.41) is 0. The molecule has 0 aliphatic rings. The van der Waals surface area contributed by atoms with Crippen LogP contribution in [0.2, 0.25) is 0 Å². The van der Waals surface area contributed by atoms with Gasteiger partial charge in [0, 0.05) is 18.3 Å². The van der Waals surface area contributed by atoms with E-state index in [1.54, 1.807) is 0 Å². The van der Waals surface area contributed by atoms with Gasteiger partial charge in [0.25, 0.3) is 0 Å². The summed E-state index contributed by atoms with van der Waals surface area (Å²) in [6, 6.07) is 0. The summed E-state index contributed by atoms with van der Waals surface area (Å²) in [5.74, 6) is -1.13. The second-order valence-corrected chi connectivity index (χ2v) is 3.34. The fraction of sp³-hybridized carbons (Fsp3) is 0.444. The Bertz CT molecular complexity index is 440. The number of nitrogens with zero attached hydrogens (tertiary/aromatic N) is 1. The van der Waals surface area contributed by atoms with E-state index in [4.69, 9.17) is 5.73 Å². The third-order valence-corrected chi connectivity index (χ3v) is 2.07. The minimum atomic E-state index is -5.11. The molecule has 1 heterocycles. The van der Waals surface area contributed by atoms with Crippen LogP contribution in [0.5, 0.6) is 5.88 Å². The smallest absolute Gasteiger partial charge is 0.388 e. The van der Waals surface area contributed by atoms with Crippen molar-refractivity contribution in [2.45, 2.75) is 26.0 Å². The Morgan fingerprint density at radius 2 is 1.78 bits per heavy atom. The summed E-state index contributed by atoms with van der Waals surface area (Å²) in [6.45, 7) is 0.352. The molecule has 0 aromatic carbocycles. The number of ether oxygens (including phenoxy) is 1. The van der Waals surface area contributed by atoms with Crippen molar-refractivity contribution in [3.05, 3.63) is 22.9 Å². The van der Waals surface area contributed by atoms with Crippen LogP contribution in [-0.2, 0) is 12.7 Å². The quantitative estimate of drug-likeness (QED) is 0.843. The van der Waals surface area contributed by atoms with Gasteiger partial charge in [-0.1, -0.05) is 0 Å². The van der Waals surface area contributed by atoms with Gasteiger partial charge in [0.15, 0.2) is 0 Å². The van der Waals surface area contributed by atoms with Gasteiger partial charge in [-0.3, -0.25) is 0 Å². The van der Waals surface area contributed by atoms with E-state index in [1.807, 2.05) is 0 Å². The predicted molar refractivity (Wildman–Crippen MR) is 48.6 cm³/mol. The van der Waals surface area contributed by atoms with E-state index in [-0.39, 0.29) is 0 Å². The van der Waals surface area contributed by atoms with Gasteiger partial charge in [-0.25, -0.2) is 4.98 Å². The lowest BCUT2D eigenvalue weighted by Crippen LogP contribution is -2.21. The van der Waals surface area contributed by atoms with Crippen molar-refractivity contribution in [3.63, 3.8) is 0 Å². The van der Waals surface area contributed by atoms with Gasteiger partial charge in [0.1, 0.15) is 0 Å². The average molecular weight is 274 g/mol. The zero-order chi connectivity index (χ0) is 14.1. The Kier molecular flexibility index (Phi) is 3.75. The number of alkyl halides is 6. The molecule has 18 heavy (non-hydrogen) atoms. The van der Waals surface area contributed by atoms with Crippen LogP contribution in [0, 0.1) is 6.92 Å². The van der Waals surface area contributed by atoms with Gasteiger partial charge in [0.05, 0.1) is 5.56 Å². The van der Waals surface area contributed by atoms with E-state index in [0.29, 0.717) is 6.20 Å². The largest absolute Gasteiger partial charge is 0.574 e. The Balaban J connectivity index is 3.35. The average Bonchev–Trinajstić information content (AvgIpc) is 2.16. The number of nitrogens with two attached hydrogens (primary N) is 1. The summed E-state index contributed by atoms with van der Waals surface area (Å²) in [5.41, 5.74) is 2.70. The van der Waals surface area contributed by atoms with Crippen molar-refractivity contribution >= 4 is 0 Å². The molecule has 0 aliphatic carbocycles. The van der Waals surface area contributed by atoms with Crippen LogP contribution < -0.4 is 10.5 Å². The van der Waals surface area contributed by atoms with Gasteiger partial charge < -0.3 is 10.5 Å². The van der Waals surface area contributed by atoms with Gasteiger partial charge >= 0.3 is 12.5 Å². The molecule has 3 nitrogen and oxygen atoms in total. The van der Waals surface area contributed by atoms with Gasteiger partial charge in [-0.15, -0.1) is 13.2 Å². The van der Waals surface area contributed by atoms with Crippen molar-refractivity contribution in [1.82, 2.24) is 4.98 Å². The van der Waals surface area contributed by atoms with Crippen molar-refractivity contribution in [3.8, 4) is 5.88 Å². The molecule has 0 saturated heterocycles. The lowest BCUT2D eigenvalue weighted by atomic mass is 10.0. The first-order valence-electron chi connectivity index (χ1n) is 4.57. The normalized spacial score (nSPS) is 12.7. The number of rotatable bonds is 2.